The van der Waals surface area contributed by atoms with Crippen molar-refractivity contribution in [2.24, 2.45) is 0 Å². The highest BCUT2D eigenvalue weighted by molar-refractivity contribution is 5.89. The van der Waals surface area contributed by atoms with E-state index in [0.717, 1.165) is 17.0 Å². The lowest BCUT2D eigenvalue weighted by atomic mass is 10.2. The average molecular weight is 332 g/mol. The molecule has 0 saturated heterocycles. The van der Waals surface area contributed by atoms with Crippen molar-refractivity contribution in [3.05, 3.63) is 53.9 Å². The summed E-state index contributed by atoms with van der Waals surface area (Å²) in [5.74, 6) is 0.400. The van der Waals surface area contributed by atoms with Crippen LogP contribution in [0.15, 0.2) is 42.5 Å². The quantitative estimate of drug-likeness (QED) is 0.591. The van der Waals surface area contributed by atoms with Crippen LogP contribution in [-0.2, 0) is 12.8 Å². The molecule has 0 atom stereocenters. The van der Waals surface area contributed by atoms with Gasteiger partial charge in [-0.3, -0.25) is 9.67 Å². The zero-order valence-corrected chi connectivity index (χ0v) is 12.2. The van der Waals surface area contributed by atoms with Gasteiger partial charge < -0.3 is 5.11 Å². The van der Waals surface area contributed by atoms with E-state index in [-0.39, 0.29) is 12.3 Å². The van der Waals surface area contributed by atoms with Crippen molar-refractivity contribution < 1.29 is 18.3 Å². The Morgan fingerprint density at radius 1 is 1.12 bits per heavy atom. The predicted molar refractivity (Wildman–Crippen MR) is 81.6 cm³/mol. The summed E-state index contributed by atoms with van der Waals surface area (Å²) in [5, 5.41) is 17.9. The number of fused-ring (bicyclic) bond motifs is 2. The van der Waals surface area contributed by atoms with Gasteiger partial charge in [0.15, 0.2) is 5.82 Å². The van der Waals surface area contributed by atoms with Crippen LogP contribution in [0.5, 0.6) is 0 Å². The molecule has 2 N–H and O–H groups in total. The Kier molecular flexibility index (Phi) is 3.10. The van der Waals surface area contributed by atoms with Gasteiger partial charge in [-0.2, -0.15) is 18.3 Å². The minimum absolute atomic E-state index is 0.103. The molecule has 24 heavy (non-hydrogen) atoms. The second kappa shape index (κ2) is 5.07. The fraction of sp³-hybridized carbons (Fsp3) is 0.125. The molecule has 0 aliphatic rings. The summed E-state index contributed by atoms with van der Waals surface area (Å²) < 4.78 is 40.4. The fourth-order valence-electron chi connectivity index (χ4n) is 2.76. The van der Waals surface area contributed by atoms with Gasteiger partial charge in [0.1, 0.15) is 11.3 Å². The Morgan fingerprint density at radius 3 is 2.67 bits per heavy atom. The second-order valence-electron chi connectivity index (χ2n) is 5.33. The number of aliphatic hydroxyl groups excluding tert-OH is 1. The van der Waals surface area contributed by atoms with Gasteiger partial charge in [-0.25, -0.2) is 4.98 Å². The number of halogens is 3. The van der Waals surface area contributed by atoms with E-state index in [9.17, 15) is 18.3 Å². The Bertz CT molecular complexity index is 1050. The maximum absolute atomic E-state index is 13.0. The maximum atomic E-state index is 13.0. The van der Waals surface area contributed by atoms with Crippen molar-refractivity contribution in [1.29, 1.82) is 0 Å². The molecule has 0 aliphatic carbocycles. The van der Waals surface area contributed by atoms with E-state index in [1.807, 2.05) is 12.1 Å². The van der Waals surface area contributed by atoms with Crippen LogP contribution in [-0.4, -0.2) is 24.9 Å². The number of alkyl halides is 3. The largest absolute Gasteiger partial charge is 0.433 e. The van der Waals surface area contributed by atoms with Gasteiger partial charge in [-0.1, -0.05) is 12.1 Å². The van der Waals surface area contributed by atoms with Crippen LogP contribution in [0, 0.1) is 0 Å². The Morgan fingerprint density at radius 2 is 1.92 bits per heavy atom. The summed E-state index contributed by atoms with van der Waals surface area (Å²) >= 11 is 0. The summed E-state index contributed by atoms with van der Waals surface area (Å²) in [5.41, 5.74) is 0.268. The summed E-state index contributed by atoms with van der Waals surface area (Å²) in [7, 11) is 0. The first-order valence-corrected chi connectivity index (χ1v) is 7.12. The molecule has 1 aromatic carbocycles. The topological polar surface area (TPSA) is 66.7 Å². The summed E-state index contributed by atoms with van der Waals surface area (Å²) in [6.07, 6.45) is -4.55. The number of pyridine rings is 1. The lowest BCUT2D eigenvalue weighted by Crippen LogP contribution is -2.09. The predicted octanol–water partition coefficient (Wildman–Crippen LogP) is 3.41. The van der Waals surface area contributed by atoms with Crippen molar-refractivity contribution in [3.63, 3.8) is 0 Å². The minimum Gasteiger partial charge on any atom is -0.390 e. The highest BCUT2D eigenvalue weighted by Gasteiger charge is 2.33. The molecule has 3 heterocycles. The monoisotopic (exact) mass is 332 g/mol. The van der Waals surface area contributed by atoms with Gasteiger partial charge in [0, 0.05) is 10.8 Å². The third-order valence-electron chi connectivity index (χ3n) is 3.84. The molecule has 0 unspecified atom stereocenters. The highest BCUT2D eigenvalue weighted by atomic mass is 19.4. The van der Waals surface area contributed by atoms with E-state index in [4.69, 9.17) is 0 Å². The summed E-state index contributed by atoms with van der Waals surface area (Å²) in [6, 6.07) is 11.1. The number of aliphatic hydroxyl groups is 1. The van der Waals surface area contributed by atoms with Gasteiger partial charge in [-0.15, -0.1) is 0 Å². The number of para-hydroxylation sites is 1. The number of hydrogen-bond donors (Lipinski definition) is 2. The van der Waals surface area contributed by atoms with Crippen LogP contribution in [0.4, 0.5) is 13.2 Å². The molecule has 0 fully saturated rings. The molecule has 0 bridgehead atoms. The molecule has 0 aliphatic heterocycles. The number of benzene rings is 1. The number of H-pyrrole nitrogens is 1. The van der Waals surface area contributed by atoms with E-state index >= 15 is 0 Å². The number of rotatable bonds is 2. The fourth-order valence-corrected chi connectivity index (χ4v) is 2.76. The third kappa shape index (κ3) is 2.15. The number of nitrogens with one attached hydrogen (secondary N) is 1. The molecule has 5 nitrogen and oxygen atoms in total. The molecule has 0 saturated carbocycles. The molecule has 4 aromatic rings. The van der Waals surface area contributed by atoms with Gasteiger partial charge in [0.2, 0.25) is 0 Å². The van der Waals surface area contributed by atoms with Gasteiger partial charge in [0.25, 0.3) is 0 Å². The van der Waals surface area contributed by atoms with E-state index in [0.29, 0.717) is 16.9 Å². The van der Waals surface area contributed by atoms with E-state index < -0.39 is 11.9 Å². The molecule has 8 heteroatoms. The molecular weight excluding hydrogens is 321 g/mol. The minimum atomic E-state index is -4.55. The molecule has 0 amide bonds. The van der Waals surface area contributed by atoms with Crippen LogP contribution in [0.25, 0.3) is 27.8 Å². The highest BCUT2D eigenvalue weighted by Crippen LogP contribution is 2.32. The lowest BCUT2D eigenvalue weighted by Gasteiger charge is -2.08. The molecule has 3 aromatic heterocycles. The smallest absolute Gasteiger partial charge is 0.390 e. The van der Waals surface area contributed by atoms with Crippen molar-refractivity contribution in [3.8, 4) is 5.82 Å². The second-order valence-corrected chi connectivity index (χ2v) is 5.33. The van der Waals surface area contributed by atoms with E-state index in [1.165, 1.54) is 10.6 Å². The Labute approximate surface area is 133 Å². The molecule has 122 valence electrons. The van der Waals surface area contributed by atoms with Crippen molar-refractivity contribution in [2.45, 2.75) is 12.8 Å². The normalized spacial score (nSPS) is 12.3. The molecule has 4 rings (SSSR count). The summed E-state index contributed by atoms with van der Waals surface area (Å²) in [6.45, 7) is -0.348. The van der Waals surface area contributed by atoms with Crippen LogP contribution in [0.3, 0.4) is 0 Å². The zero-order valence-electron chi connectivity index (χ0n) is 12.2. The molecular formula is C16H11F3N4O. The van der Waals surface area contributed by atoms with Gasteiger partial charge >= 0.3 is 6.18 Å². The average Bonchev–Trinajstić information content (AvgIpc) is 3.13. The lowest BCUT2D eigenvalue weighted by molar-refractivity contribution is -0.141. The van der Waals surface area contributed by atoms with Gasteiger partial charge in [0.05, 0.1) is 17.8 Å². The van der Waals surface area contributed by atoms with Crippen molar-refractivity contribution in [2.75, 3.05) is 0 Å². The van der Waals surface area contributed by atoms with E-state index in [2.05, 4.69) is 15.2 Å². The van der Waals surface area contributed by atoms with Crippen LogP contribution in [0.2, 0.25) is 0 Å². The maximum Gasteiger partial charge on any atom is 0.433 e. The number of nitrogens with zero attached hydrogens (tertiary/aromatic N) is 3. The summed E-state index contributed by atoms with van der Waals surface area (Å²) in [4.78, 5) is 3.75. The van der Waals surface area contributed by atoms with Crippen molar-refractivity contribution >= 4 is 21.9 Å². The van der Waals surface area contributed by atoms with Gasteiger partial charge in [-0.05, 0) is 30.3 Å². The Balaban J connectivity index is 2.06. The van der Waals surface area contributed by atoms with Crippen LogP contribution in [0.1, 0.15) is 11.4 Å². The van der Waals surface area contributed by atoms with Crippen molar-refractivity contribution in [1.82, 2.24) is 19.7 Å². The molecule has 0 spiro atoms. The first-order chi connectivity index (χ1) is 11.5. The van der Waals surface area contributed by atoms with E-state index in [1.54, 1.807) is 18.2 Å². The molecule has 0 radical (unpaired) electrons. The van der Waals surface area contributed by atoms with Crippen LogP contribution >= 0.6 is 0 Å². The number of aromatic nitrogens is 4. The third-order valence-corrected chi connectivity index (χ3v) is 3.84. The number of aromatic amines is 1. The Hall–Kier alpha value is -2.87. The SMILES string of the molecule is OCc1cc2ccc(C(F)(F)F)nc2n1-c1n[nH]c2ccccc12. The standard InChI is InChI=1S/C16H11F3N4O/c17-16(18,19)13-6-5-9-7-10(8-24)23(14(9)20-13)15-11-3-1-2-4-12(11)21-22-15/h1-7,24H,8H2,(H,21,22). The zero-order chi connectivity index (χ0) is 16.9. The number of hydrogen-bond acceptors (Lipinski definition) is 3. The van der Waals surface area contributed by atoms with Crippen LogP contribution < -0.4 is 0 Å². The first-order valence-electron chi connectivity index (χ1n) is 7.12. The first kappa shape index (κ1) is 14.7.